The molecule has 8 heteroatoms. The highest BCUT2D eigenvalue weighted by molar-refractivity contribution is 6.29. The number of carbonyl (C=O) groups excluding carboxylic acids is 1. The number of amides is 1. The van der Waals surface area contributed by atoms with Crippen molar-refractivity contribution in [1.29, 1.82) is 0 Å². The molecule has 20 heavy (non-hydrogen) atoms. The maximum Gasteiger partial charge on any atom is 0.406 e. The Labute approximate surface area is 117 Å². The van der Waals surface area contributed by atoms with Crippen LogP contribution in [0, 0.1) is 0 Å². The lowest BCUT2D eigenvalue weighted by atomic mass is 10.3. The van der Waals surface area contributed by atoms with Gasteiger partial charge < -0.3 is 9.88 Å². The molecule has 0 aromatic carbocycles. The number of alkyl halides is 3. The molecule has 0 saturated heterocycles. The Kier molecular flexibility index (Phi) is 3.99. The van der Waals surface area contributed by atoms with Crippen molar-refractivity contribution in [2.75, 3.05) is 5.32 Å². The monoisotopic (exact) mass is 303 g/mol. The molecule has 0 spiro atoms. The molecular formula is C12H9ClF3N3O. The van der Waals surface area contributed by atoms with Gasteiger partial charge in [0.2, 0.25) is 0 Å². The van der Waals surface area contributed by atoms with Gasteiger partial charge in [0.25, 0.3) is 5.91 Å². The quantitative estimate of drug-likeness (QED) is 0.884. The summed E-state index contributed by atoms with van der Waals surface area (Å²) in [5, 5.41) is 2.63. The molecule has 0 aliphatic carbocycles. The summed E-state index contributed by atoms with van der Waals surface area (Å²) >= 11 is 5.66. The van der Waals surface area contributed by atoms with Crippen LogP contribution in [-0.2, 0) is 6.54 Å². The molecule has 2 aromatic heterocycles. The van der Waals surface area contributed by atoms with E-state index in [1.165, 1.54) is 36.7 Å². The van der Waals surface area contributed by atoms with Crippen LogP contribution in [0.2, 0.25) is 5.15 Å². The van der Waals surface area contributed by atoms with Crippen LogP contribution in [0.1, 0.15) is 10.5 Å². The molecule has 1 N–H and O–H groups in total. The highest BCUT2D eigenvalue weighted by atomic mass is 35.5. The van der Waals surface area contributed by atoms with Gasteiger partial charge in [0.05, 0.1) is 0 Å². The van der Waals surface area contributed by atoms with Crippen LogP contribution < -0.4 is 5.32 Å². The highest BCUT2D eigenvalue weighted by Crippen LogP contribution is 2.20. The van der Waals surface area contributed by atoms with Gasteiger partial charge in [-0.1, -0.05) is 11.6 Å². The summed E-state index contributed by atoms with van der Waals surface area (Å²) in [6, 6.07) is 5.57. The van der Waals surface area contributed by atoms with Crippen molar-refractivity contribution < 1.29 is 18.0 Å². The lowest BCUT2D eigenvalue weighted by Gasteiger charge is -2.12. The number of anilines is 1. The Hall–Kier alpha value is -2.02. The number of halogens is 4. The van der Waals surface area contributed by atoms with Crippen LogP contribution in [0.3, 0.4) is 0 Å². The Morgan fingerprint density at radius 1 is 1.40 bits per heavy atom. The molecule has 0 aliphatic heterocycles. The maximum absolute atomic E-state index is 12.4. The van der Waals surface area contributed by atoms with Gasteiger partial charge in [-0.25, -0.2) is 4.98 Å². The number of rotatable bonds is 3. The van der Waals surface area contributed by atoms with E-state index < -0.39 is 18.6 Å². The second-order valence-corrected chi connectivity index (χ2v) is 4.35. The summed E-state index contributed by atoms with van der Waals surface area (Å²) in [5.74, 6) is -0.651. The fourth-order valence-electron chi connectivity index (χ4n) is 1.63. The first-order chi connectivity index (χ1) is 9.35. The molecule has 2 heterocycles. The number of nitrogens with zero attached hydrogens (tertiary/aromatic N) is 2. The molecule has 106 valence electrons. The highest BCUT2D eigenvalue weighted by Gasteiger charge is 2.29. The molecule has 0 aliphatic rings. The predicted octanol–water partition coefficient (Wildman–Crippen LogP) is 3.35. The molecule has 0 saturated carbocycles. The van der Waals surface area contributed by atoms with Crippen molar-refractivity contribution >= 4 is 23.2 Å². The van der Waals surface area contributed by atoms with Gasteiger partial charge in [0.15, 0.2) is 0 Å². The number of aromatic nitrogens is 2. The minimum atomic E-state index is -4.39. The average molecular weight is 304 g/mol. The second kappa shape index (κ2) is 5.54. The minimum Gasteiger partial charge on any atom is -0.334 e. The molecule has 0 bridgehead atoms. The Morgan fingerprint density at radius 3 is 2.80 bits per heavy atom. The molecule has 0 fully saturated rings. The van der Waals surface area contributed by atoms with Crippen molar-refractivity contribution in [2.45, 2.75) is 12.7 Å². The van der Waals surface area contributed by atoms with E-state index in [9.17, 15) is 18.0 Å². The zero-order chi connectivity index (χ0) is 14.8. The fraction of sp³-hybridized carbons (Fsp3) is 0.167. The van der Waals surface area contributed by atoms with Gasteiger partial charge >= 0.3 is 6.18 Å². The largest absolute Gasteiger partial charge is 0.406 e. The van der Waals surface area contributed by atoms with Crippen LogP contribution in [-0.4, -0.2) is 21.6 Å². The molecule has 0 atom stereocenters. The Bertz CT molecular complexity index is 624. The van der Waals surface area contributed by atoms with E-state index in [4.69, 9.17) is 11.6 Å². The van der Waals surface area contributed by atoms with E-state index in [1.807, 2.05) is 0 Å². The molecule has 4 nitrogen and oxygen atoms in total. The number of hydrogen-bond acceptors (Lipinski definition) is 2. The summed E-state index contributed by atoms with van der Waals surface area (Å²) in [5.41, 5.74) is 0.269. The molecule has 2 aromatic rings. The van der Waals surface area contributed by atoms with Crippen molar-refractivity contribution in [3.63, 3.8) is 0 Å². The zero-order valence-corrected chi connectivity index (χ0v) is 10.7. The van der Waals surface area contributed by atoms with Crippen LogP contribution in [0.4, 0.5) is 18.9 Å². The molecule has 0 unspecified atom stereocenters. The SMILES string of the molecule is O=C(Nc1ccnc(Cl)c1)c1cccn1CC(F)(F)F. The number of nitrogens with one attached hydrogen (secondary N) is 1. The first kappa shape index (κ1) is 14.4. The standard InChI is InChI=1S/C12H9ClF3N3O/c13-10-6-8(3-4-17-10)18-11(20)9-2-1-5-19(9)7-12(14,15)16/h1-6H,7H2,(H,17,18,20). The lowest BCUT2D eigenvalue weighted by Crippen LogP contribution is -2.23. The fourth-order valence-corrected chi connectivity index (χ4v) is 1.80. The number of hydrogen-bond donors (Lipinski definition) is 1. The van der Waals surface area contributed by atoms with Crippen molar-refractivity contribution in [1.82, 2.24) is 9.55 Å². The number of pyridine rings is 1. The van der Waals surface area contributed by atoms with Crippen LogP contribution >= 0.6 is 11.6 Å². The van der Waals surface area contributed by atoms with E-state index in [-0.39, 0.29) is 10.8 Å². The Morgan fingerprint density at radius 2 is 2.15 bits per heavy atom. The van der Waals surface area contributed by atoms with Crippen molar-refractivity contribution in [3.05, 3.63) is 47.5 Å². The summed E-state index contributed by atoms with van der Waals surface area (Å²) in [7, 11) is 0. The molecule has 2 rings (SSSR count). The van der Waals surface area contributed by atoms with Gasteiger partial charge in [0, 0.05) is 18.1 Å². The second-order valence-electron chi connectivity index (χ2n) is 3.96. The average Bonchev–Trinajstić information content (AvgIpc) is 2.74. The lowest BCUT2D eigenvalue weighted by molar-refractivity contribution is -0.140. The van der Waals surface area contributed by atoms with E-state index in [0.29, 0.717) is 5.69 Å². The zero-order valence-electron chi connectivity index (χ0n) is 9.99. The summed E-state index contributed by atoms with van der Waals surface area (Å²) < 4.78 is 37.9. The van der Waals surface area contributed by atoms with Crippen LogP contribution in [0.25, 0.3) is 0 Å². The minimum absolute atomic E-state index is 0.0877. The first-order valence-electron chi connectivity index (χ1n) is 5.50. The molecule has 1 amide bonds. The third kappa shape index (κ3) is 3.74. The molecule has 0 radical (unpaired) electrons. The van der Waals surface area contributed by atoms with Crippen molar-refractivity contribution in [2.24, 2.45) is 0 Å². The third-order valence-electron chi connectivity index (χ3n) is 2.40. The summed E-state index contributed by atoms with van der Waals surface area (Å²) in [6.45, 7) is -1.22. The first-order valence-corrected chi connectivity index (χ1v) is 5.88. The van der Waals surface area contributed by atoms with Crippen LogP contribution in [0.5, 0.6) is 0 Å². The van der Waals surface area contributed by atoms with Gasteiger partial charge in [0.1, 0.15) is 17.4 Å². The topological polar surface area (TPSA) is 46.9 Å². The van der Waals surface area contributed by atoms with E-state index in [2.05, 4.69) is 10.3 Å². The smallest absolute Gasteiger partial charge is 0.334 e. The summed E-state index contributed by atoms with van der Waals surface area (Å²) in [6.07, 6.45) is -1.82. The van der Waals surface area contributed by atoms with Crippen LogP contribution in [0.15, 0.2) is 36.7 Å². The third-order valence-corrected chi connectivity index (χ3v) is 2.60. The number of carbonyl (C=O) groups is 1. The molecular weight excluding hydrogens is 295 g/mol. The van der Waals surface area contributed by atoms with E-state index >= 15 is 0 Å². The Balaban J connectivity index is 2.16. The summed E-state index contributed by atoms with van der Waals surface area (Å²) in [4.78, 5) is 15.7. The van der Waals surface area contributed by atoms with E-state index in [1.54, 1.807) is 0 Å². The maximum atomic E-state index is 12.4. The van der Waals surface area contributed by atoms with E-state index in [0.717, 1.165) is 4.57 Å². The van der Waals surface area contributed by atoms with Gasteiger partial charge in [-0.2, -0.15) is 13.2 Å². The predicted molar refractivity (Wildman–Crippen MR) is 67.7 cm³/mol. The van der Waals surface area contributed by atoms with Gasteiger partial charge in [-0.05, 0) is 24.3 Å². The van der Waals surface area contributed by atoms with Crippen molar-refractivity contribution in [3.8, 4) is 0 Å². The van der Waals surface area contributed by atoms with Gasteiger partial charge in [-0.15, -0.1) is 0 Å². The van der Waals surface area contributed by atoms with Gasteiger partial charge in [-0.3, -0.25) is 4.79 Å². The normalized spacial score (nSPS) is 11.4.